The van der Waals surface area contributed by atoms with Crippen LogP contribution in [0.1, 0.15) is 22.5 Å². The zero-order chi connectivity index (χ0) is 17.8. The Bertz CT molecular complexity index is 928. The first-order valence-electron chi connectivity index (χ1n) is 8.08. The maximum absolute atomic E-state index is 13.8. The normalized spacial score (nSPS) is 13.6. The van der Waals surface area contributed by atoms with E-state index in [9.17, 15) is 4.39 Å². The Kier molecular flexibility index (Phi) is 4.99. The van der Waals surface area contributed by atoms with Crippen LogP contribution in [0.3, 0.4) is 0 Å². The summed E-state index contributed by atoms with van der Waals surface area (Å²) in [6.07, 6.45) is 3.84. The maximum atomic E-state index is 13.8. The van der Waals surface area contributed by atoms with Gasteiger partial charge in [0.1, 0.15) is 17.4 Å². The summed E-state index contributed by atoms with van der Waals surface area (Å²) in [6.45, 7) is 0.547. The second-order valence-corrected chi connectivity index (χ2v) is 6.64. The van der Waals surface area contributed by atoms with Gasteiger partial charge in [-0.15, -0.1) is 5.10 Å². The van der Waals surface area contributed by atoms with Crippen molar-refractivity contribution in [3.8, 4) is 5.75 Å². The third kappa shape index (κ3) is 3.95. The molecule has 132 valence electrons. The number of hydrogen-bond donors (Lipinski definition) is 1. The van der Waals surface area contributed by atoms with Crippen LogP contribution < -0.4 is 4.74 Å². The maximum Gasteiger partial charge on any atom is 0.209 e. The second-order valence-electron chi connectivity index (χ2n) is 5.70. The number of halogens is 1. The van der Waals surface area contributed by atoms with Crippen LogP contribution in [0.15, 0.2) is 47.6 Å². The molecule has 0 aliphatic carbocycles. The molecule has 1 aliphatic rings. The van der Waals surface area contributed by atoms with Crippen LogP contribution in [-0.4, -0.2) is 22.0 Å². The number of ether oxygens (including phenoxy) is 2. The zero-order valence-electron chi connectivity index (χ0n) is 13.8. The van der Waals surface area contributed by atoms with Gasteiger partial charge in [0.2, 0.25) is 5.16 Å². The van der Waals surface area contributed by atoms with Crippen LogP contribution >= 0.6 is 11.8 Å². The van der Waals surface area contributed by atoms with Crippen molar-refractivity contribution in [1.29, 1.82) is 0 Å². The van der Waals surface area contributed by atoms with Gasteiger partial charge >= 0.3 is 0 Å². The summed E-state index contributed by atoms with van der Waals surface area (Å²) in [5.74, 6) is 1.59. The van der Waals surface area contributed by atoms with Crippen molar-refractivity contribution in [2.45, 2.75) is 17.5 Å². The van der Waals surface area contributed by atoms with E-state index in [4.69, 9.17) is 9.47 Å². The number of nitrogens with one attached hydrogen (secondary N) is 1. The summed E-state index contributed by atoms with van der Waals surface area (Å²) < 4.78 is 24.5. The van der Waals surface area contributed by atoms with E-state index in [1.807, 2.05) is 42.5 Å². The largest absolute Gasteiger partial charge is 0.467 e. The zero-order valence-corrected chi connectivity index (χ0v) is 14.6. The van der Waals surface area contributed by atoms with Crippen LogP contribution in [0.25, 0.3) is 12.2 Å². The molecule has 0 fully saturated rings. The lowest BCUT2D eigenvalue weighted by molar-refractivity contribution is -0.0171. The number of hydrogen-bond acceptors (Lipinski definition) is 5. The summed E-state index contributed by atoms with van der Waals surface area (Å²) in [5.41, 5.74) is 2.59. The van der Waals surface area contributed by atoms with Crippen LogP contribution in [0.2, 0.25) is 0 Å². The van der Waals surface area contributed by atoms with E-state index in [1.54, 1.807) is 0 Å². The van der Waals surface area contributed by atoms with Crippen LogP contribution in [0.5, 0.6) is 5.75 Å². The van der Waals surface area contributed by atoms with Gasteiger partial charge in [-0.25, -0.2) is 9.37 Å². The third-order valence-corrected chi connectivity index (χ3v) is 4.72. The molecule has 0 radical (unpaired) electrons. The molecule has 0 spiro atoms. The van der Waals surface area contributed by atoms with Gasteiger partial charge in [0.25, 0.3) is 0 Å². The quantitative estimate of drug-likeness (QED) is 0.681. The summed E-state index contributed by atoms with van der Waals surface area (Å²) in [6, 6.07) is 12.9. The van der Waals surface area contributed by atoms with Gasteiger partial charge in [-0.05, 0) is 23.8 Å². The average molecular weight is 369 g/mol. The van der Waals surface area contributed by atoms with Crippen LogP contribution in [-0.2, 0) is 17.1 Å². The molecule has 0 unspecified atom stereocenters. The topological polar surface area (TPSA) is 60.0 Å². The molecule has 3 aromatic rings. The first-order chi connectivity index (χ1) is 12.8. The fourth-order valence-electron chi connectivity index (χ4n) is 2.64. The molecule has 5 nitrogen and oxygen atoms in total. The number of aromatic amines is 1. The Morgan fingerprint density at radius 3 is 2.96 bits per heavy atom. The van der Waals surface area contributed by atoms with Gasteiger partial charge in [0.05, 0.1) is 6.61 Å². The highest BCUT2D eigenvalue weighted by atomic mass is 32.2. The first kappa shape index (κ1) is 16.8. The van der Waals surface area contributed by atoms with E-state index in [0.717, 1.165) is 16.7 Å². The van der Waals surface area contributed by atoms with Gasteiger partial charge in [-0.1, -0.05) is 48.2 Å². The number of thioether (sulfide) groups is 1. The van der Waals surface area contributed by atoms with Gasteiger partial charge < -0.3 is 9.47 Å². The van der Waals surface area contributed by atoms with Crippen molar-refractivity contribution < 1.29 is 13.9 Å². The predicted molar refractivity (Wildman–Crippen MR) is 98.0 cm³/mol. The van der Waals surface area contributed by atoms with E-state index >= 15 is 0 Å². The smallest absolute Gasteiger partial charge is 0.209 e. The highest BCUT2D eigenvalue weighted by molar-refractivity contribution is 7.98. The minimum atomic E-state index is -0.296. The lowest BCUT2D eigenvalue weighted by Gasteiger charge is -2.20. The summed E-state index contributed by atoms with van der Waals surface area (Å²) in [4.78, 5) is 4.43. The SMILES string of the molecule is Fc1cc2c(c(CSc3n[nH]c(/C=C/c4ccccc4)n3)c1)OCOC2. The van der Waals surface area contributed by atoms with Crippen molar-refractivity contribution in [1.82, 2.24) is 15.2 Å². The van der Waals surface area contributed by atoms with Crippen LogP contribution in [0, 0.1) is 5.82 Å². The molecular weight excluding hydrogens is 353 g/mol. The fraction of sp³-hybridized carbons (Fsp3) is 0.158. The molecule has 26 heavy (non-hydrogen) atoms. The highest BCUT2D eigenvalue weighted by Crippen LogP contribution is 2.33. The number of H-pyrrole nitrogens is 1. The molecule has 2 aromatic carbocycles. The van der Waals surface area contributed by atoms with Gasteiger partial charge in [-0.3, -0.25) is 5.10 Å². The van der Waals surface area contributed by atoms with E-state index in [-0.39, 0.29) is 12.6 Å². The van der Waals surface area contributed by atoms with E-state index in [1.165, 1.54) is 23.9 Å². The number of nitrogens with zero attached hydrogens (tertiary/aromatic N) is 2. The van der Waals surface area contributed by atoms with E-state index < -0.39 is 0 Å². The average Bonchev–Trinajstić information content (AvgIpc) is 3.13. The lowest BCUT2D eigenvalue weighted by atomic mass is 10.1. The molecule has 4 rings (SSSR count). The summed E-state index contributed by atoms with van der Waals surface area (Å²) in [7, 11) is 0. The van der Waals surface area contributed by atoms with E-state index in [2.05, 4.69) is 15.2 Å². The number of fused-ring (bicyclic) bond motifs is 1. The molecule has 0 amide bonds. The molecule has 0 saturated heterocycles. The number of rotatable bonds is 5. The molecule has 2 heterocycles. The van der Waals surface area contributed by atoms with Gasteiger partial charge in [-0.2, -0.15) is 0 Å². The third-order valence-electron chi connectivity index (χ3n) is 3.82. The molecule has 1 aromatic heterocycles. The monoisotopic (exact) mass is 369 g/mol. The molecule has 7 heteroatoms. The van der Waals surface area contributed by atoms with Gasteiger partial charge in [0.15, 0.2) is 6.79 Å². The summed E-state index contributed by atoms with van der Waals surface area (Å²) >= 11 is 1.42. The van der Waals surface area contributed by atoms with Crippen LogP contribution in [0.4, 0.5) is 4.39 Å². The molecular formula is C19H16FN3O2S. The highest BCUT2D eigenvalue weighted by Gasteiger charge is 2.17. The fourth-order valence-corrected chi connectivity index (χ4v) is 3.41. The van der Waals surface area contributed by atoms with Crippen molar-refractivity contribution in [2.75, 3.05) is 6.79 Å². The summed E-state index contributed by atoms with van der Waals surface area (Å²) in [5, 5.41) is 7.69. The molecule has 0 atom stereocenters. The predicted octanol–water partition coefficient (Wildman–Crippen LogP) is 4.27. The Labute approximate surface area is 154 Å². The molecule has 1 N–H and O–H groups in total. The minimum absolute atomic E-state index is 0.186. The second kappa shape index (κ2) is 7.72. The lowest BCUT2D eigenvalue weighted by Crippen LogP contribution is -2.13. The van der Waals surface area contributed by atoms with Crippen molar-refractivity contribution in [2.24, 2.45) is 0 Å². The van der Waals surface area contributed by atoms with Crippen molar-refractivity contribution >= 4 is 23.9 Å². The Balaban J connectivity index is 1.44. The number of aromatic nitrogens is 3. The van der Waals surface area contributed by atoms with E-state index in [0.29, 0.717) is 29.1 Å². The molecule has 1 aliphatic heterocycles. The molecule has 0 saturated carbocycles. The molecule has 0 bridgehead atoms. The Morgan fingerprint density at radius 2 is 2.08 bits per heavy atom. The van der Waals surface area contributed by atoms with Crippen molar-refractivity contribution in [3.05, 3.63) is 70.8 Å². The van der Waals surface area contributed by atoms with Crippen molar-refractivity contribution in [3.63, 3.8) is 0 Å². The number of benzene rings is 2. The Morgan fingerprint density at radius 1 is 1.19 bits per heavy atom. The standard InChI is InChI=1S/C19H16FN3O2S/c20-16-8-14-10-24-12-25-18(14)15(9-16)11-26-19-21-17(22-23-19)7-6-13-4-2-1-3-5-13/h1-9H,10-12H2,(H,21,22,23)/b7-6+. The minimum Gasteiger partial charge on any atom is -0.467 e. The van der Waals surface area contributed by atoms with Gasteiger partial charge in [0, 0.05) is 16.9 Å². The first-order valence-corrected chi connectivity index (χ1v) is 9.07. The Hall–Kier alpha value is -2.64.